The van der Waals surface area contributed by atoms with Gasteiger partial charge in [-0.3, -0.25) is 10.1 Å². The molecule has 0 spiro atoms. The van der Waals surface area contributed by atoms with Gasteiger partial charge in [-0.15, -0.1) is 0 Å². The van der Waals surface area contributed by atoms with E-state index in [1.807, 2.05) is 30.3 Å². The quantitative estimate of drug-likeness (QED) is 0.534. The Hall–Kier alpha value is -3.55. The highest BCUT2D eigenvalue weighted by atomic mass is 19.1. The van der Waals surface area contributed by atoms with Gasteiger partial charge in [0.2, 0.25) is 11.6 Å². The zero-order chi connectivity index (χ0) is 18.5. The Bertz CT molecular complexity index is 903. The van der Waals surface area contributed by atoms with E-state index in [1.54, 1.807) is 24.1 Å². The molecule has 0 atom stereocenters. The monoisotopic (exact) mass is 353 g/mol. The lowest BCUT2D eigenvalue weighted by molar-refractivity contribution is -0.383. The van der Waals surface area contributed by atoms with Gasteiger partial charge in [-0.2, -0.15) is 0 Å². The van der Waals surface area contributed by atoms with Gasteiger partial charge in [-0.25, -0.2) is 14.4 Å². The minimum atomic E-state index is -0.512. The third-order valence-corrected chi connectivity index (χ3v) is 3.82. The molecule has 0 amide bonds. The van der Waals surface area contributed by atoms with Crippen LogP contribution in [-0.4, -0.2) is 21.9 Å². The predicted molar refractivity (Wildman–Crippen MR) is 96.9 cm³/mol. The van der Waals surface area contributed by atoms with Crippen LogP contribution in [0.2, 0.25) is 0 Å². The number of anilines is 3. The number of nitrogens with zero attached hydrogens (tertiary/aromatic N) is 4. The summed E-state index contributed by atoms with van der Waals surface area (Å²) in [5, 5.41) is 14.6. The number of nitro groups is 1. The summed E-state index contributed by atoms with van der Waals surface area (Å²) in [6.45, 7) is 0.270. The first-order chi connectivity index (χ1) is 12.6. The summed E-state index contributed by atoms with van der Waals surface area (Å²) in [4.78, 5) is 20.9. The molecule has 1 heterocycles. The minimum absolute atomic E-state index is 0.104. The van der Waals surface area contributed by atoms with Crippen molar-refractivity contribution in [3.05, 3.63) is 82.4 Å². The average molecular weight is 353 g/mol. The molecule has 2 aromatic carbocycles. The maximum atomic E-state index is 13.0. The first-order valence-electron chi connectivity index (χ1n) is 7.82. The van der Waals surface area contributed by atoms with Gasteiger partial charge in [0.25, 0.3) is 0 Å². The lowest BCUT2D eigenvalue weighted by atomic mass is 10.2. The topological polar surface area (TPSA) is 84.2 Å². The van der Waals surface area contributed by atoms with E-state index in [2.05, 4.69) is 15.3 Å². The molecule has 3 rings (SSSR count). The first-order valence-corrected chi connectivity index (χ1v) is 7.82. The summed E-state index contributed by atoms with van der Waals surface area (Å²) < 4.78 is 13.0. The number of nitrogens with one attached hydrogen (secondary N) is 1. The van der Waals surface area contributed by atoms with Crippen LogP contribution in [0.5, 0.6) is 0 Å². The van der Waals surface area contributed by atoms with E-state index < -0.39 is 4.92 Å². The molecule has 8 heteroatoms. The van der Waals surface area contributed by atoms with Crippen LogP contribution in [0.3, 0.4) is 0 Å². The molecule has 0 fully saturated rings. The van der Waals surface area contributed by atoms with Crippen molar-refractivity contribution in [2.24, 2.45) is 0 Å². The lowest BCUT2D eigenvalue weighted by Crippen LogP contribution is -2.15. The van der Waals surface area contributed by atoms with Gasteiger partial charge >= 0.3 is 5.69 Å². The molecule has 0 aliphatic heterocycles. The van der Waals surface area contributed by atoms with Gasteiger partial charge < -0.3 is 10.2 Å². The number of hydrogen-bond acceptors (Lipinski definition) is 6. The fourth-order valence-corrected chi connectivity index (χ4v) is 2.47. The fourth-order valence-electron chi connectivity index (χ4n) is 2.47. The van der Waals surface area contributed by atoms with Gasteiger partial charge in [0, 0.05) is 19.3 Å². The SMILES string of the molecule is CN(c1ccccc1)c1ncnc(NCc2ccc(F)cc2)c1[N+](=O)[O-]. The van der Waals surface area contributed by atoms with Crippen molar-refractivity contribution in [1.82, 2.24) is 9.97 Å². The second-order valence-electron chi connectivity index (χ2n) is 5.53. The molecule has 3 aromatic rings. The van der Waals surface area contributed by atoms with Crippen molar-refractivity contribution in [3.63, 3.8) is 0 Å². The molecular weight excluding hydrogens is 337 g/mol. The van der Waals surface area contributed by atoms with Crippen molar-refractivity contribution >= 4 is 23.0 Å². The van der Waals surface area contributed by atoms with Crippen LogP contribution in [0, 0.1) is 15.9 Å². The number of rotatable bonds is 6. The largest absolute Gasteiger partial charge is 0.360 e. The second-order valence-corrected chi connectivity index (χ2v) is 5.53. The Kier molecular flexibility index (Phi) is 5.02. The molecule has 0 aliphatic rings. The molecule has 0 radical (unpaired) electrons. The van der Waals surface area contributed by atoms with Crippen molar-refractivity contribution in [2.75, 3.05) is 17.3 Å². The molecule has 1 N–H and O–H groups in total. The van der Waals surface area contributed by atoms with Crippen molar-refractivity contribution < 1.29 is 9.31 Å². The number of benzene rings is 2. The van der Waals surface area contributed by atoms with Crippen LogP contribution >= 0.6 is 0 Å². The number of hydrogen-bond donors (Lipinski definition) is 1. The molecule has 0 unspecified atom stereocenters. The molecule has 132 valence electrons. The summed E-state index contributed by atoms with van der Waals surface area (Å²) in [5.41, 5.74) is 1.32. The van der Waals surface area contributed by atoms with Crippen LogP contribution in [0.25, 0.3) is 0 Å². The van der Waals surface area contributed by atoms with E-state index >= 15 is 0 Å². The zero-order valence-electron chi connectivity index (χ0n) is 14.0. The maximum absolute atomic E-state index is 13.0. The molecule has 0 saturated heterocycles. The summed E-state index contributed by atoms with van der Waals surface area (Å²) in [6.07, 6.45) is 1.27. The maximum Gasteiger partial charge on any atom is 0.353 e. The van der Waals surface area contributed by atoms with E-state index in [0.717, 1.165) is 11.3 Å². The van der Waals surface area contributed by atoms with Gasteiger partial charge in [-0.1, -0.05) is 30.3 Å². The Morgan fingerprint density at radius 2 is 1.81 bits per heavy atom. The standard InChI is InChI=1S/C18H16FN5O2/c1-23(15-5-3-2-4-6-15)18-16(24(25)26)17(21-12-22-18)20-11-13-7-9-14(19)10-8-13/h2-10,12H,11H2,1H3,(H,20,21,22). The predicted octanol–water partition coefficient (Wildman–Crippen LogP) is 3.90. The van der Waals surface area contributed by atoms with Crippen LogP contribution in [-0.2, 0) is 6.54 Å². The molecule has 7 nitrogen and oxygen atoms in total. The highest BCUT2D eigenvalue weighted by Crippen LogP contribution is 2.34. The highest BCUT2D eigenvalue weighted by molar-refractivity contribution is 5.75. The Balaban J connectivity index is 1.91. The summed E-state index contributed by atoms with van der Waals surface area (Å²) in [5.74, 6) is -0.0570. The van der Waals surface area contributed by atoms with Crippen molar-refractivity contribution in [2.45, 2.75) is 6.54 Å². The van der Waals surface area contributed by atoms with Crippen LogP contribution < -0.4 is 10.2 Å². The molecule has 0 saturated carbocycles. The third kappa shape index (κ3) is 3.75. The Morgan fingerprint density at radius 3 is 2.46 bits per heavy atom. The normalized spacial score (nSPS) is 10.4. The van der Waals surface area contributed by atoms with Gasteiger partial charge in [-0.05, 0) is 29.8 Å². The van der Waals surface area contributed by atoms with E-state index in [1.165, 1.54) is 18.5 Å². The summed E-state index contributed by atoms with van der Waals surface area (Å²) >= 11 is 0. The Morgan fingerprint density at radius 1 is 1.12 bits per heavy atom. The van der Waals surface area contributed by atoms with Crippen LogP contribution in [0.4, 0.5) is 27.4 Å². The summed E-state index contributed by atoms with van der Waals surface area (Å²) in [7, 11) is 1.70. The molecular formula is C18H16FN5O2. The van der Waals surface area contributed by atoms with Crippen molar-refractivity contribution in [3.8, 4) is 0 Å². The van der Waals surface area contributed by atoms with Gasteiger partial charge in [0.05, 0.1) is 4.92 Å². The molecule has 0 bridgehead atoms. The smallest absolute Gasteiger partial charge is 0.353 e. The fraction of sp³-hybridized carbons (Fsp3) is 0.111. The zero-order valence-corrected chi connectivity index (χ0v) is 14.0. The van der Waals surface area contributed by atoms with E-state index in [0.29, 0.717) is 0 Å². The van der Waals surface area contributed by atoms with Gasteiger partial charge in [0.15, 0.2) is 0 Å². The highest BCUT2D eigenvalue weighted by Gasteiger charge is 2.26. The van der Waals surface area contributed by atoms with Crippen LogP contribution in [0.1, 0.15) is 5.56 Å². The van der Waals surface area contributed by atoms with E-state index in [4.69, 9.17) is 0 Å². The lowest BCUT2D eigenvalue weighted by Gasteiger charge is -2.18. The third-order valence-electron chi connectivity index (χ3n) is 3.82. The minimum Gasteiger partial charge on any atom is -0.360 e. The molecule has 0 aliphatic carbocycles. The number of aromatic nitrogens is 2. The average Bonchev–Trinajstić information content (AvgIpc) is 2.67. The van der Waals surface area contributed by atoms with E-state index in [9.17, 15) is 14.5 Å². The molecule has 1 aromatic heterocycles. The van der Waals surface area contributed by atoms with E-state index in [-0.39, 0.29) is 29.7 Å². The number of para-hydroxylation sites is 1. The Labute approximate surface area is 149 Å². The number of halogens is 1. The van der Waals surface area contributed by atoms with Crippen LogP contribution in [0.15, 0.2) is 60.9 Å². The molecule has 26 heavy (non-hydrogen) atoms. The summed E-state index contributed by atoms with van der Waals surface area (Å²) in [6, 6.07) is 15.1. The second kappa shape index (κ2) is 7.56. The van der Waals surface area contributed by atoms with Crippen molar-refractivity contribution in [1.29, 1.82) is 0 Å². The van der Waals surface area contributed by atoms with Gasteiger partial charge in [0.1, 0.15) is 12.1 Å². The first kappa shape index (κ1) is 17.3.